The largest absolute Gasteiger partial charge is 0.493 e. The zero-order valence-electron chi connectivity index (χ0n) is 29.7. The van der Waals surface area contributed by atoms with Crippen LogP contribution in [0.4, 0.5) is 16.2 Å². The molecule has 0 radical (unpaired) electrons. The van der Waals surface area contributed by atoms with Gasteiger partial charge in [-0.05, 0) is 99.3 Å². The number of benzene rings is 3. The number of carbonyl (C=O) groups excluding carboxylic acids is 2. The van der Waals surface area contributed by atoms with Gasteiger partial charge in [0.15, 0.2) is 11.5 Å². The van der Waals surface area contributed by atoms with Gasteiger partial charge in [-0.3, -0.25) is 4.79 Å². The highest BCUT2D eigenvalue weighted by atomic mass is 16.5. The van der Waals surface area contributed by atoms with E-state index in [1.807, 2.05) is 48.5 Å². The normalized spacial score (nSPS) is 13.5. The Balaban J connectivity index is 1.37. The van der Waals surface area contributed by atoms with Crippen LogP contribution in [-0.2, 0) is 4.74 Å². The van der Waals surface area contributed by atoms with Crippen LogP contribution < -0.4 is 29.7 Å². The Kier molecular flexibility index (Phi) is 15.5. The molecule has 1 heterocycles. The monoisotopic (exact) mass is 674 g/mol. The minimum atomic E-state index is -0.259. The van der Waals surface area contributed by atoms with Gasteiger partial charge in [-0.15, -0.1) is 0 Å². The number of nitrogens with one attached hydrogen (secondary N) is 2. The summed E-state index contributed by atoms with van der Waals surface area (Å²) in [5.41, 5.74) is 1.94. The van der Waals surface area contributed by atoms with E-state index in [4.69, 9.17) is 18.9 Å². The van der Waals surface area contributed by atoms with Crippen molar-refractivity contribution in [1.29, 1.82) is 0 Å². The summed E-state index contributed by atoms with van der Waals surface area (Å²) in [6, 6.07) is 19.9. The molecule has 0 spiro atoms. The number of likely N-dealkylation sites (tertiary alicyclic amines) is 1. The fraction of sp³-hybridized carbons (Fsp3) is 0.487. The van der Waals surface area contributed by atoms with E-state index in [0.717, 1.165) is 56.6 Å². The van der Waals surface area contributed by atoms with Crippen molar-refractivity contribution in [1.82, 2.24) is 10.2 Å². The third-order valence-corrected chi connectivity index (χ3v) is 8.61. The molecule has 0 atom stereocenters. The van der Waals surface area contributed by atoms with E-state index in [-0.39, 0.29) is 18.0 Å². The zero-order chi connectivity index (χ0) is 34.8. The Bertz CT molecular complexity index is 1420. The summed E-state index contributed by atoms with van der Waals surface area (Å²) in [4.78, 5) is 30.3. The molecule has 3 aromatic rings. The van der Waals surface area contributed by atoms with Crippen molar-refractivity contribution in [3.05, 3.63) is 72.3 Å². The summed E-state index contributed by atoms with van der Waals surface area (Å²) in [6.07, 6.45) is 8.50. The van der Waals surface area contributed by atoms with Crippen LogP contribution in [-0.4, -0.2) is 76.5 Å². The van der Waals surface area contributed by atoms with Gasteiger partial charge >= 0.3 is 6.03 Å². The van der Waals surface area contributed by atoms with Crippen LogP contribution in [0.15, 0.2) is 66.7 Å². The van der Waals surface area contributed by atoms with Crippen molar-refractivity contribution in [2.45, 2.75) is 71.3 Å². The summed E-state index contributed by atoms with van der Waals surface area (Å²) in [6.45, 7) is 9.32. The van der Waals surface area contributed by atoms with Gasteiger partial charge in [0.1, 0.15) is 17.6 Å². The van der Waals surface area contributed by atoms with Gasteiger partial charge < -0.3 is 39.4 Å². The Morgan fingerprint density at radius 1 is 0.837 bits per heavy atom. The number of hydrogen-bond acceptors (Lipinski definition) is 7. The summed E-state index contributed by atoms with van der Waals surface area (Å²) < 4.78 is 23.2. The molecule has 4 rings (SSSR count). The molecule has 0 bridgehead atoms. The highest BCUT2D eigenvalue weighted by Gasteiger charge is 2.22. The number of piperidine rings is 1. The van der Waals surface area contributed by atoms with Crippen molar-refractivity contribution in [2.75, 3.05) is 63.8 Å². The second-order valence-electron chi connectivity index (χ2n) is 12.4. The predicted molar refractivity (Wildman–Crippen MR) is 196 cm³/mol. The number of amides is 3. The van der Waals surface area contributed by atoms with Crippen LogP contribution in [0.25, 0.3) is 0 Å². The third kappa shape index (κ3) is 12.0. The highest BCUT2D eigenvalue weighted by molar-refractivity contribution is 6.06. The number of rotatable bonds is 19. The molecule has 0 aliphatic carbocycles. The van der Waals surface area contributed by atoms with Crippen LogP contribution in [0.5, 0.6) is 23.0 Å². The van der Waals surface area contributed by atoms with Crippen LogP contribution in [0.2, 0.25) is 0 Å². The molecule has 1 aliphatic rings. The molecule has 1 saturated heterocycles. The lowest BCUT2D eigenvalue weighted by molar-refractivity contribution is 0.0981. The predicted octanol–water partition coefficient (Wildman–Crippen LogP) is 8.13. The first-order valence-corrected chi connectivity index (χ1v) is 17.7. The summed E-state index contributed by atoms with van der Waals surface area (Å²) in [5, 5.41) is 5.70. The number of carbonyl (C=O) groups is 2. The maximum absolute atomic E-state index is 13.8. The quantitative estimate of drug-likeness (QED) is 0.124. The molecule has 0 saturated carbocycles. The molecule has 0 unspecified atom stereocenters. The number of urea groups is 1. The van der Waals surface area contributed by atoms with Gasteiger partial charge in [0, 0.05) is 62.9 Å². The van der Waals surface area contributed by atoms with Crippen molar-refractivity contribution < 1.29 is 28.5 Å². The number of ether oxygens (including phenoxy) is 4. The molecule has 1 aliphatic heterocycles. The fourth-order valence-electron chi connectivity index (χ4n) is 5.77. The molecule has 3 amide bonds. The molecule has 3 aromatic carbocycles. The summed E-state index contributed by atoms with van der Waals surface area (Å²) >= 11 is 0. The average Bonchev–Trinajstić information content (AvgIpc) is 3.13. The van der Waals surface area contributed by atoms with Crippen molar-refractivity contribution in [3.63, 3.8) is 0 Å². The topological polar surface area (TPSA) is 102 Å². The van der Waals surface area contributed by atoms with Gasteiger partial charge in [0.05, 0.1) is 7.11 Å². The summed E-state index contributed by atoms with van der Waals surface area (Å²) in [5.74, 6) is 2.26. The lowest BCUT2D eigenvalue weighted by Gasteiger charge is -2.32. The van der Waals surface area contributed by atoms with Crippen LogP contribution >= 0.6 is 0 Å². The molecular formula is C39H54N4O6. The minimum absolute atomic E-state index is 0.0975. The first-order chi connectivity index (χ1) is 23.9. The molecular weight excluding hydrogens is 620 g/mol. The Morgan fingerprint density at radius 2 is 1.55 bits per heavy atom. The lowest BCUT2D eigenvalue weighted by Crippen LogP contribution is -2.38. The van der Waals surface area contributed by atoms with E-state index < -0.39 is 0 Å². The number of anilines is 2. The van der Waals surface area contributed by atoms with Gasteiger partial charge in [-0.2, -0.15) is 0 Å². The number of nitrogens with zero attached hydrogens (tertiary/aromatic N) is 2. The Labute approximate surface area is 292 Å². The minimum Gasteiger partial charge on any atom is -0.493 e. The van der Waals surface area contributed by atoms with Gasteiger partial charge in [-0.25, -0.2) is 4.79 Å². The van der Waals surface area contributed by atoms with E-state index in [1.165, 1.54) is 19.4 Å². The number of hydrogen-bond donors (Lipinski definition) is 2. The maximum Gasteiger partial charge on any atom is 0.319 e. The van der Waals surface area contributed by atoms with Gasteiger partial charge in [0.2, 0.25) is 0 Å². The molecule has 1 fully saturated rings. The van der Waals surface area contributed by atoms with E-state index in [2.05, 4.69) is 29.4 Å². The van der Waals surface area contributed by atoms with E-state index >= 15 is 0 Å². The van der Waals surface area contributed by atoms with E-state index in [0.29, 0.717) is 54.6 Å². The van der Waals surface area contributed by atoms with Crippen molar-refractivity contribution in [2.24, 2.45) is 0 Å². The van der Waals surface area contributed by atoms with Crippen LogP contribution in [0, 0.1) is 0 Å². The molecule has 2 N–H and O–H groups in total. The third-order valence-electron chi connectivity index (χ3n) is 8.61. The zero-order valence-corrected chi connectivity index (χ0v) is 29.7. The second kappa shape index (κ2) is 20.3. The van der Waals surface area contributed by atoms with Crippen molar-refractivity contribution >= 4 is 23.3 Å². The highest BCUT2D eigenvalue weighted by Crippen LogP contribution is 2.35. The smallest absolute Gasteiger partial charge is 0.319 e. The molecule has 0 aromatic heterocycles. The first-order valence-electron chi connectivity index (χ1n) is 17.7. The standard InChI is InChI=1S/C39H54N4O6/c1-5-7-9-23-40-39(45)41-31-13-20-36(37(29-31)47-4)49-34-18-14-32(15-19-34)43(25-10-28-46-3)38(44)30-11-16-33(17-12-30)48-35-21-26-42(27-22-35)24-8-6-2/h11-20,29,35H,5-10,21-28H2,1-4H3,(H2,40,41,45). The molecule has 10 heteroatoms. The first kappa shape index (κ1) is 37.5. The van der Waals surface area contributed by atoms with Crippen molar-refractivity contribution in [3.8, 4) is 23.0 Å². The molecule has 49 heavy (non-hydrogen) atoms. The lowest BCUT2D eigenvalue weighted by atomic mass is 10.1. The maximum atomic E-state index is 13.8. The van der Waals surface area contributed by atoms with Crippen LogP contribution in [0.1, 0.15) is 75.6 Å². The summed E-state index contributed by atoms with van der Waals surface area (Å²) in [7, 11) is 3.21. The van der Waals surface area contributed by atoms with Crippen LogP contribution in [0.3, 0.4) is 0 Å². The fourth-order valence-corrected chi connectivity index (χ4v) is 5.77. The Morgan fingerprint density at radius 3 is 2.22 bits per heavy atom. The average molecular weight is 675 g/mol. The van der Waals surface area contributed by atoms with Gasteiger partial charge in [-0.1, -0.05) is 33.1 Å². The second-order valence-corrected chi connectivity index (χ2v) is 12.4. The SMILES string of the molecule is CCCCCNC(=O)Nc1ccc(Oc2ccc(N(CCCOC)C(=O)c3ccc(OC4CCN(CCCC)CC4)cc3)cc2)c(OC)c1. The molecule has 266 valence electrons. The van der Waals surface area contributed by atoms with Gasteiger partial charge in [0.25, 0.3) is 5.91 Å². The number of methoxy groups -OCH3 is 2. The van der Waals surface area contributed by atoms with E-state index in [9.17, 15) is 9.59 Å². The molecule has 10 nitrogen and oxygen atoms in total. The van der Waals surface area contributed by atoms with E-state index in [1.54, 1.807) is 37.3 Å². The Hall–Kier alpha value is -4.28. The number of unbranched alkanes of at least 4 members (excludes halogenated alkanes) is 3.